The van der Waals surface area contributed by atoms with Crippen molar-refractivity contribution in [2.45, 2.75) is 27.7 Å². The van der Waals surface area contributed by atoms with Crippen LogP contribution in [-0.2, 0) is 0 Å². The van der Waals surface area contributed by atoms with Crippen LogP contribution in [0.4, 0.5) is 0 Å². The monoisotopic (exact) mass is 232 g/mol. The molecule has 0 aliphatic rings. The molecule has 0 radical (unpaired) electrons. The second kappa shape index (κ2) is 4.24. The van der Waals surface area contributed by atoms with Gasteiger partial charge in [-0.2, -0.15) is 0 Å². The molecule has 0 saturated heterocycles. The van der Waals surface area contributed by atoms with Crippen LogP contribution in [0.5, 0.6) is 5.75 Å². The lowest BCUT2D eigenvalue weighted by Gasteiger charge is -2.11. The molecule has 0 aliphatic heterocycles. The highest BCUT2D eigenvalue weighted by Crippen LogP contribution is 2.30. The van der Waals surface area contributed by atoms with Crippen LogP contribution in [-0.4, -0.2) is 6.61 Å². The van der Waals surface area contributed by atoms with Crippen molar-refractivity contribution in [2.24, 2.45) is 0 Å². The third-order valence-corrected chi connectivity index (χ3v) is 2.96. The molecule has 1 heterocycles. The molecule has 17 heavy (non-hydrogen) atoms. The fourth-order valence-corrected chi connectivity index (χ4v) is 1.96. The van der Waals surface area contributed by atoms with Crippen molar-refractivity contribution in [3.8, 4) is 5.75 Å². The first-order chi connectivity index (χ1) is 8.04. The molecular formula is C14H16O3. The molecule has 0 aliphatic carbocycles. The van der Waals surface area contributed by atoms with E-state index >= 15 is 0 Å². The van der Waals surface area contributed by atoms with Crippen molar-refractivity contribution in [3.05, 3.63) is 39.2 Å². The van der Waals surface area contributed by atoms with Crippen LogP contribution in [0.25, 0.3) is 11.0 Å². The summed E-state index contributed by atoms with van der Waals surface area (Å²) in [5.41, 5.74) is 2.92. The molecule has 0 spiro atoms. The molecule has 0 amide bonds. The molecule has 0 saturated carbocycles. The fourth-order valence-electron chi connectivity index (χ4n) is 1.96. The summed E-state index contributed by atoms with van der Waals surface area (Å²) in [7, 11) is 0. The Bertz CT molecular complexity index is 623. The van der Waals surface area contributed by atoms with Gasteiger partial charge in [-0.05, 0) is 51.0 Å². The van der Waals surface area contributed by atoms with Gasteiger partial charge in [0.15, 0.2) is 0 Å². The maximum atomic E-state index is 11.6. The summed E-state index contributed by atoms with van der Waals surface area (Å²) in [5, 5.41) is 0.898. The predicted molar refractivity (Wildman–Crippen MR) is 67.9 cm³/mol. The first-order valence-corrected chi connectivity index (χ1v) is 5.72. The second-order valence-electron chi connectivity index (χ2n) is 4.21. The van der Waals surface area contributed by atoms with E-state index in [1.165, 1.54) is 0 Å². The van der Waals surface area contributed by atoms with Gasteiger partial charge in [-0.3, -0.25) is 0 Å². The molecule has 3 nitrogen and oxygen atoms in total. The lowest BCUT2D eigenvalue weighted by molar-refractivity contribution is 0.343. The number of ether oxygens (including phenoxy) is 1. The summed E-state index contributed by atoms with van der Waals surface area (Å²) < 4.78 is 10.9. The van der Waals surface area contributed by atoms with Gasteiger partial charge >= 0.3 is 5.63 Å². The highest BCUT2D eigenvalue weighted by molar-refractivity contribution is 5.88. The Hall–Kier alpha value is -1.77. The highest BCUT2D eigenvalue weighted by atomic mass is 16.5. The van der Waals surface area contributed by atoms with E-state index in [4.69, 9.17) is 9.15 Å². The van der Waals surface area contributed by atoms with Crippen LogP contribution < -0.4 is 10.4 Å². The first-order valence-electron chi connectivity index (χ1n) is 5.72. The minimum Gasteiger partial charge on any atom is -0.493 e. The van der Waals surface area contributed by atoms with Gasteiger partial charge in [0.05, 0.1) is 12.0 Å². The standard InChI is InChI=1S/C14H16O3/c1-5-16-11-6-8(2)7-12-13(11)9(3)10(4)14(15)17-12/h6-7H,5H2,1-4H3. The van der Waals surface area contributed by atoms with E-state index < -0.39 is 0 Å². The van der Waals surface area contributed by atoms with Gasteiger partial charge in [0, 0.05) is 5.56 Å². The molecule has 0 unspecified atom stereocenters. The molecule has 0 fully saturated rings. The summed E-state index contributed by atoms with van der Waals surface area (Å²) in [6.07, 6.45) is 0. The largest absolute Gasteiger partial charge is 0.493 e. The maximum Gasteiger partial charge on any atom is 0.339 e. The number of benzene rings is 1. The smallest absolute Gasteiger partial charge is 0.339 e. The molecular weight excluding hydrogens is 216 g/mol. The Morgan fingerprint density at radius 3 is 2.53 bits per heavy atom. The SMILES string of the molecule is CCOc1cc(C)cc2oc(=O)c(C)c(C)c12. The molecule has 90 valence electrons. The Balaban J connectivity index is 2.90. The summed E-state index contributed by atoms with van der Waals surface area (Å²) in [6, 6.07) is 3.84. The van der Waals surface area contributed by atoms with Crippen molar-refractivity contribution < 1.29 is 9.15 Å². The van der Waals surface area contributed by atoms with Crippen molar-refractivity contribution in [2.75, 3.05) is 6.61 Å². The molecule has 0 bridgehead atoms. The van der Waals surface area contributed by atoms with E-state index in [2.05, 4.69) is 0 Å². The van der Waals surface area contributed by atoms with E-state index in [9.17, 15) is 4.79 Å². The first kappa shape index (κ1) is 11.7. The molecule has 2 rings (SSSR count). The van der Waals surface area contributed by atoms with Crippen LogP contribution in [0.1, 0.15) is 23.6 Å². The zero-order valence-corrected chi connectivity index (χ0v) is 10.6. The van der Waals surface area contributed by atoms with Crippen molar-refractivity contribution >= 4 is 11.0 Å². The third-order valence-electron chi connectivity index (χ3n) is 2.96. The van der Waals surface area contributed by atoms with Crippen LogP contribution >= 0.6 is 0 Å². The zero-order chi connectivity index (χ0) is 12.6. The minimum atomic E-state index is -0.275. The molecule has 3 heteroatoms. The lowest BCUT2D eigenvalue weighted by atomic mass is 10.0. The number of rotatable bonds is 2. The van der Waals surface area contributed by atoms with E-state index in [1.807, 2.05) is 32.9 Å². The van der Waals surface area contributed by atoms with Gasteiger partial charge < -0.3 is 9.15 Å². The van der Waals surface area contributed by atoms with Gasteiger partial charge in [0.2, 0.25) is 0 Å². The Kier molecular flexibility index (Phi) is 2.92. The summed E-state index contributed by atoms with van der Waals surface area (Å²) in [6.45, 7) is 8.19. The van der Waals surface area contributed by atoms with Crippen LogP contribution in [0.15, 0.2) is 21.3 Å². The topological polar surface area (TPSA) is 39.4 Å². The van der Waals surface area contributed by atoms with E-state index in [0.29, 0.717) is 17.8 Å². The Morgan fingerprint density at radius 2 is 1.88 bits per heavy atom. The van der Waals surface area contributed by atoms with Crippen LogP contribution in [0.3, 0.4) is 0 Å². The van der Waals surface area contributed by atoms with E-state index in [-0.39, 0.29) is 5.63 Å². The normalized spacial score (nSPS) is 10.8. The Morgan fingerprint density at radius 1 is 1.18 bits per heavy atom. The van der Waals surface area contributed by atoms with Crippen molar-refractivity contribution in [1.82, 2.24) is 0 Å². The Labute approximate surface area is 100 Å². The third kappa shape index (κ3) is 1.93. The van der Waals surface area contributed by atoms with Gasteiger partial charge in [-0.25, -0.2) is 4.79 Å². The molecule has 0 atom stereocenters. The van der Waals surface area contributed by atoms with Gasteiger partial charge in [-0.15, -0.1) is 0 Å². The average molecular weight is 232 g/mol. The molecule has 2 aromatic rings. The van der Waals surface area contributed by atoms with Crippen LogP contribution in [0, 0.1) is 20.8 Å². The zero-order valence-electron chi connectivity index (χ0n) is 10.6. The van der Waals surface area contributed by atoms with Gasteiger partial charge in [-0.1, -0.05) is 0 Å². The summed E-state index contributed by atoms with van der Waals surface area (Å²) >= 11 is 0. The maximum absolute atomic E-state index is 11.6. The van der Waals surface area contributed by atoms with Crippen molar-refractivity contribution in [1.29, 1.82) is 0 Å². The molecule has 1 aromatic carbocycles. The fraction of sp³-hybridized carbons (Fsp3) is 0.357. The van der Waals surface area contributed by atoms with Crippen LogP contribution in [0.2, 0.25) is 0 Å². The number of hydrogen-bond donors (Lipinski definition) is 0. The lowest BCUT2D eigenvalue weighted by Crippen LogP contribution is -2.06. The highest BCUT2D eigenvalue weighted by Gasteiger charge is 2.12. The van der Waals surface area contributed by atoms with E-state index in [0.717, 1.165) is 22.3 Å². The van der Waals surface area contributed by atoms with Gasteiger partial charge in [0.25, 0.3) is 0 Å². The summed E-state index contributed by atoms with van der Waals surface area (Å²) in [4.78, 5) is 11.6. The number of fused-ring (bicyclic) bond motifs is 1. The molecule has 1 aromatic heterocycles. The number of hydrogen-bond acceptors (Lipinski definition) is 3. The second-order valence-corrected chi connectivity index (χ2v) is 4.21. The quantitative estimate of drug-likeness (QED) is 0.747. The summed E-state index contributed by atoms with van der Waals surface area (Å²) in [5.74, 6) is 0.784. The van der Waals surface area contributed by atoms with E-state index in [1.54, 1.807) is 6.92 Å². The molecule has 0 N–H and O–H groups in total. The van der Waals surface area contributed by atoms with Crippen molar-refractivity contribution in [3.63, 3.8) is 0 Å². The van der Waals surface area contributed by atoms with Gasteiger partial charge in [0.1, 0.15) is 11.3 Å². The predicted octanol–water partition coefficient (Wildman–Crippen LogP) is 3.12. The number of aryl methyl sites for hydroxylation is 2. The average Bonchev–Trinajstić information content (AvgIpc) is 2.25. The minimum absolute atomic E-state index is 0.275.